The Kier molecular flexibility index (Phi) is 4.44. The van der Waals surface area contributed by atoms with E-state index in [-0.39, 0.29) is 11.5 Å². The van der Waals surface area contributed by atoms with Gasteiger partial charge in [0.05, 0.1) is 0 Å². The average Bonchev–Trinajstić information content (AvgIpc) is 3.64. The Morgan fingerprint density at radius 3 is 1.14 bits per heavy atom. The maximum Gasteiger partial charge on any atom is 0.136 e. The minimum absolute atomic E-state index is 0.0806. The first-order chi connectivity index (χ1) is 21.7. The molecule has 0 aliphatic carbocycles. The van der Waals surface area contributed by atoms with Crippen LogP contribution in [0.1, 0.15) is 0 Å². The molecule has 10 rings (SSSR count). The first-order valence-electron chi connectivity index (χ1n) is 14.6. The van der Waals surface area contributed by atoms with Gasteiger partial charge in [-0.25, -0.2) is 0 Å². The molecule has 206 valence electrons. The van der Waals surface area contributed by atoms with Gasteiger partial charge < -0.3 is 19.0 Å². The summed E-state index contributed by atoms with van der Waals surface area (Å²) in [6.45, 7) is 0. The molecule has 0 aliphatic heterocycles. The molecule has 2 N–H and O–H groups in total. The molecule has 0 fully saturated rings. The predicted molar refractivity (Wildman–Crippen MR) is 180 cm³/mol. The molecule has 4 heteroatoms. The van der Waals surface area contributed by atoms with Crippen LogP contribution in [0.5, 0.6) is 11.5 Å². The second-order valence-corrected chi connectivity index (χ2v) is 11.5. The van der Waals surface area contributed by atoms with Gasteiger partial charge in [-0.3, -0.25) is 0 Å². The minimum Gasteiger partial charge on any atom is -0.507 e. The first kappa shape index (κ1) is 23.6. The van der Waals surface area contributed by atoms with Crippen molar-refractivity contribution in [1.82, 2.24) is 0 Å². The number of phenolic OH excluding ortho intramolecular Hbond substituents is 2. The van der Waals surface area contributed by atoms with Crippen molar-refractivity contribution in [2.24, 2.45) is 0 Å². The predicted octanol–water partition coefficient (Wildman–Crippen LogP) is 11.2. The number of benzene rings is 8. The second-order valence-electron chi connectivity index (χ2n) is 11.5. The number of hydrogen-bond acceptors (Lipinski definition) is 4. The van der Waals surface area contributed by atoms with Crippen molar-refractivity contribution in [3.8, 4) is 22.6 Å². The summed E-state index contributed by atoms with van der Waals surface area (Å²) >= 11 is 0. The van der Waals surface area contributed by atoms with Crippen LogP contribution in [0.4, 0.5) is 0 Å². The van der Waals surface area contributed by atoms with Crippen molar-refractivity contribution in [2.45, 2.75) is 0 Å². The SMILES string of the molecule is Oc1ccc2ccc3oc4ccc5ccccc5c4c3c2c1-c1c(O)ccc2ccc3oc4ccc5ccccc5c4c3c12. The summed E-state index contributed by atoms with van der Waals surface area (Å²) in [6.07, 6.45) is 0. The van der Waals surface area contributed by atoms with Crippen LogP contribution in [0.15, 0.2) is 130 Å². The van der Waals surface area contributed by atoms with Crippen molar-refractivity contribution < 1.29 is 19.0 Å². The van der Waals surface area contributed by atoms with E-state index < -0.39 is 0 Å². The molecule has 0 bridgehead atoms. The van der Waals surface area contributed by atoms with Crippen molar-refractivity contribution >= 4 is 87.0 Å². The van der Waals surface area contributed by atoms with Gasteiger partial charge in [-0.05, 0) is 68.7 Å². The summed E-state index contributed by atoms with van der Waals surface area (Å²) in [5.41, 5.74) is 4.12. The molecule has 0 atom stereocenters. The fourth-order valence-electron chi connectivity index (χ4n) is 7.37. The zero-order valence-corrected chi connectivity index (χ0v) is 23.3. The van der Waals surface area contributed by atoms with Crippen molar-refractivity contribution in [3.05, 3.63) is 121 Å². The van der Waals surface area contributed by atoms with E-state index in [1.165, 1.54) is 0 Å². The Balaban J connectivity index is 1.48. The largest absolute Gasteiger partial charge is 0.507 e. The van der Waals surface area contributed by atoms with Gasteiger partial charge in [0, 0.05) is 43.4 Å². The third-order valence-electron chi connectivity index (χ3n) is 9.22. The van der Waals surface area contributed by atoms with Gasteiger partial charge >= 0.3 is 0 Å². The Morgan fingerprint density at radius 1 is 0.318 bits per heavy atom. The summed E-state index contributed by atoms with van der Waals surface area (Å²) < 4.78 is 12.8. The van der Waals surface area contributed by atoms with E-state index in [9.17, 15) is 10.2 Å². The number of fused-ring (bicyclic) bond motifs is 14. The standard InChI is InChI=1S/C40H22O4/c41-27-15-9-23-13-19-31-39(35-25-7-3-1-5-21(25)11-17-29(35)43-31)33(23)37(27)38-28(42)16-10-24-14-20-32-40(34(24)38)36-26-8-4-2-6-22(26)12-18-30(36)44-32/h1-20,41-42H. The van der Waals surface area contributed by atoms with Gasteiger partial charge in [-0.1, -0.05) is 84.9 Å². The lowest BCUT2D eigenvalue weighted by Gasteiger charge is -2.16. The highest BCUT2D eigenvalue weighted by atomic mass is 16.3. The third-order valence-corrected chi connectivity index (χ3v) is 9.22. The zero-order valence-electron chi connectivity index (χ0n) is 23.3. The molecule has 0 aliphatic rings. The summed E-state index contributed by atoms with van der Waals surface area (Å²) in [5, 5.41) is 35.2. The smallest absolute Gasteiger partial charge is 0.136 e. The van der Waals surface area contributed by atoms with E-state index in [0.717, 1.165) is 87.0 Å². The topological polar surface area (TPSA) is 66.7 Å². The Bertz CT molecular complexity index is 2650. The molecule has 10 aromatic rings. The molecule has 0 unspecified atom stereocenters. The highest BCUT2D eigenvalue weighted by Gasteiger charge is 2.24. The van der Waals surface area contributed by atoms with E-state index in [1.54, 1.807) is 12.1 Å². The molecular weight excluding hydrogens is 544 g/mol. The van der Waals surface area contributed by atoms with Crippen LogP contribution < -0.4 is 0 Å². The van der Waals surface area contributed by atoms with Crippen LogP contribution in [-0.2, 0) is 0 Å². The monoisotopic (exact) mass is 566 g/mol. The van der Waals surface area contributed by atoms with Crippen LogP contribution in [-0.4, -0.2) is 10.2 Å². The van der Waals surface area contributed by atoms with Crippen LogP contribution >= 0.6 is 0 Å². The molecule has 0 spiro atoms. The van der Waals surface area contributed by atoms with Gasteiger partial charge in [0.15, 0.2) is 0 Å². The lowest BCUT2D eigenvalue weighted by Crippen LogP contribution is -1.89. The fraction of sp³-hybridized carbons (Fsp3) is 0. The van der Waals surface area contributed by atoms with Gasteiger partial charge in [0.25, 0.3) is 0 Å². The first-order valence-corrected chi connectivity index (χ1v) is 14.6. The molecule has 0 saturated heterocycles. The molecule has 4 nitrogen and oxygen atoms in total. The van der Waals surface area contributed by atoms with Crippen molar-refractivity contribution in [2.75, 3.05) is 0 Å². The molecular formula is C40H22O4. The van der Waals surface area contributed by atoms with Crippen LogP contribution in [0.3, 0.4) is 0 Å². The normalized spacial score (nSPS) is 12.3. The van der Waals surface area contributed by atoms with Crippen LogP contribution in [0.2, 0.25) is 0 Å². The minimum atomic E-state index is 0.0806. The fourth-order valence-corrected chi connectivity index (χ4v) is 7.37. The Labute approximate surface area is 249 Å². The molecule has 2 heterocycles. The molecule has 0 amide bonds. The van der Waals surface area contributed by atoms with Crippen LogP contribution in [0.25, 0.3) is 98.1 Å². The van der Waals surface area contributed by atoms with Gasteiger partial charge in [-0.2, -0.15) is 0 Å². The lowest BCUT2D eigenvalue weighted by molar-refractivity contribution is 0.470. The number of furan rings is 2. The number of phenols is 2. The second kappa shape index (κ2) is 8.30. The average molecular weight is 567 g/mol. The maximum atomic E-state index is 11.8. The Morgan fingerprint density at radius 2 is 0.682 bits per heavy atom. The van der Waals surface area contributed by atoms with Crippen molar-refractivity contribution in [1.29, 1.82) is 0 Å². The summed E-state index contributed by atoms with van der Waals surface area (Å²) in [5.74, 6) is 0.161. The highest BCUT2D eigenvalue weighted by molar-refractivity contribution is 6.33. The summed E-state index contributed by atoms with van der Waals surface area (Å²) in [7, 11) is 0. The summed E-state index contributed by atoms with van der Waals surface area (Å²) in [4.78, 5) is 0. The van der Waals surface area contributed by atoms with E-state index in [4.69, 9.17) is 8.83 Å². The summed E-state index contributed by atoms with van der Waals surface area (Å²) in [6, 6.07) is 40.0. The van der Waals surface area contributed by atoms with Crippen molar-refractivity contribution in [3.63, 3.8) is 0 Å². The molecule has 2 aromatic heterocycles. The van der Waals surface area contributed by atoms with E-state index in [0.29, 0.717) is 11.1 Å². The molecule has 8 aromatic carbocycles. The Hall–Kier alpha value is -6.00. The molecule has 0 radical (unpaired) electrons. The highest BCUT2D eigenvalue weighted by Crippen LogP contribution is 2.51. The van der Waals surface area contributed by atoms with E-state index in [1.807, 2.05) is 72.8 Å². The quantitative estimate of drug-likeness (QED) is 0.207. The third kappa shape index (κ3) is 2.96. The van der Waals surface area contributed by atoms with Gasteiger partial charge in [0.2, 0.25) is 0 Å². The van der Waals surface area contributed by atoms with E-state index in [2.05, 4.69) is 36.4 Å². The molecule has 0 saturated carbocycles. The zero-order chi connectivity index (χ0) is 29.1. The number of aromatic hydroxyl groups is 2. The number of rotatable bonds is 1. The molecule has 44 heavy (non-hydrogen) atoms. The lowest BCUT2D eigenvalue weighted by atomic mass is 9.88. The maximum absolute atomic E-state index is 11.8. The van der Waals surface area contributed by atoms with E-state index >= 15 is 0 Å². The van der Waals surface area contributed by atoms with Gasteiger partial charge in [-0.15, -0.1) is 0 Å². The number of hydrogen-bond donors (Lipinski definition) is 2. The van der Waals surface area contributed by atoms with Gasteiger partial charge in [0.1, 0.15) is 33.8 Å². The van der Waals surface area contributed by atoms with Crippen LogP contribution in [0, 0.1) is 0 Å².